The van der Waals surface area contributed by atoms with E-state index in [1.54, 1.807) is 0 Å². The summed E-state index contributed by atoms with van der Waals surface area (Å²) < 4.78 is 10.7. The molecule has 1 aromatic rings. The molecule has 1 saturated heterocycles. The molecule has 162 valence electrons. The van der Waals surface area contributed by atoms with Crippen LogP contribution < -0.4 is 10.1 Å². The second-order valence-electron chi connectivity index (χ2n) is 8.43. The molecule has 1 saturated carbocycles. The number of esters is 1. The average Bonchev–Trinajstić information content (AvgIpc) is 2.77. The number of piperidine rings is 1. The largest absolute Gasteiger partial charge is 0.491 e. The summed E-state index contributed by atoms with van der Waals surface area (Å²) >= 11 is 0. The predicted octanol–water partition coefficient (Wildman–Crippen LogP) is 2.73. The van der Waals surface area contributed by atoms with E-state index < -0.39 is 6.10 Å². The van der Waals surface area contributed by atoms with Crippen molar-refractivity contribution in [3.8, 4) is 5.75 Å². The molecule has 2 fully saturated rings. The monoisotopic (exact) mass is 404 g/mol. The molecule has 6 heteroatoms. The SMILES string of the molecule is COC(=O)C1CCN(C[C@@H](O)COc2cccc(CNC3CCCCC3)c2)CC1. The maximum Gasteiger partial charge on any atom is 0.308 e. The molecule has 1 heterocycles. The molecule has 0 bridgehead atoms. The van der Waals surface area contributed by atoms with E-state index in [1.807, 2.05) is 12.1 Å². The number of hydrogen-bond donors (Lipinski definition) is 2. The Morgan fingerprint density at radius 2 is 1.97 bits per heavy atom. The number of nitrogens with one attached hydrogen (secondary N) is 1. The quantitative estimate of drug-likeness (QED) is 0.617. The van der Waals surface area contributed by atoms with Crippen molar-refractivity contribution in [3.05, 3.63) is 29.8 Å². The van der Waals surface area contributed by atoms with Crippen LogP contribution in [-0.4, -0.2) is 61.5 Å². The Labute approximate surface area is 174 Å². The second-order valence-corrected chi connectivity index (χ2v) is 8.43. The van der Waals surface area contributed by atoms with Crippen molar-refractivity contribution in [1.82, 2.24) is 10.2 Å². The van der Waals surface area contributed by atoms with Gasteiger partial charge in [0.2, 0.25) is 0 Å². The summed E-state index contributed by atoms with van der Waals surface area (Å²) in [7, 11) is 1.44. The Bertz CT molecular complexity index is 625. The van der Waals surface area contributed by atoms with Crippen molar-refractivity contribution in [2.75, 3.05) is 33.4 Å². The number of methoxy groups -OCH3 is 1. The Balaban J connectivity index is 1.36. The minimum Gasteiger partial charge on any atom is -0.491 e. The van der Waals surface area contributed by atoms with Crippen LogP contribution in [0.4, 0.5) is 0 Å². The molecule has 2 N–H and O–H groups in total. The number of aliphatic hydroxyl groups is 1. The van der Waals surface area contributed by atoms with Crippen molar-refractivity contribution in [1.29, 1.82) is 0 Å². The van der Waals surface area contributed by atoms with Gasteiger partial charge < -0.3 is 24.8 Å². The summed E-state index contributed by atoms with van der Waals surface area (Å²) in [6.45, 7) is 3.31. The lowest BCUT2D eigenvalue weighted by Crippen LogP contribution is -2.42. The van der Waals surface area contributed by atoms with Crippen LogP contribution in [0.3, 0.4) is 0 Å². The number of benzene rings is 1. The molecule has 0 amide bonds. The minimum absolute atomic E-state index is 0.00500. The fourth-order valence-electron chi connectivity index (χ4n) is 4.38. The first kappa shape index (κ1) is 22.1. The topological polar surface area (TPSA) is 71.0 Å². The van der Waals surface area contributed by atoms with Crippen LogP contribution in [0, 0.1) is 5.92 Å². The van der Waals surface area contributed by atoms with Crippen molar-refractivity contribution in [2.45, 2.75) is 63.6 Å². The molecule has 6 nitrogen and oxygen atoms in total. The first-order valence-corrected chi connectivity index (χ1v) is 11.1. The van der Waals surface area contributed by atoms with Gasteiger partial charge in [-0.25, -0.2) is 0 Å². The van der Waals surface area contributed by atoms with E-state index in [1.165, 1.54) is 44.8 Å². The molecule has 1 aliphatic carbocycles. The standard InChI is InChI=1S/C23H36N2O4/c1-28-23(27)19-10-12-25(13-11-19)16-21(26)17-29-22-9-5-6-18(14-22)15-24-20-7-3-2-4-8-20/h5-6,9,14,19-21,24,26H,2-4,7-8,10-13,15-17H2,1H3/t21-/m1/s1. The maximum absolute atomic E-state index is 11.6. The highest BCUT2D eigenvalue weighted by Crippen LogP contribution is 2.20. The summed E-state index contributed by atoms with van der Waals surface area (Å²) in [5.41, 5.74) is 1.22. The van der Waals surface area contributed by atoms with Gasteiger partial charge in [-0.1, -0.05) is 31.4 Å². The number of nitrogens with zero attached hydrogens (tertiary/aromatic N) is 1. The summed E-state index contributed by atoms with van der Waals surface area (Å²) in [5.74, 6) is 0.678. The molecule has 1 aliphatic heterocycles. The van der Waals surface area contributed by atoms with Crippen molar-refractivity contribution >= 4 is 5.97 Å². The third-order valence-corrected chi connectivity index (χ3v) is 6.13. The summed E-state index contributed by atoms with van der Waals surface area (Å²) in [4.78, 5) is 13.8. The minimum atomic E-state index is -0.548. The summed E-state index contributed by atoms with van der Waals surface area (Å²) in [5, 5.41) is 14.0. The van der Waals surface area contributed by atoms with Crippen LogP contribution >= 0.6 is 0 Å². The van der Waals surface area contributed by atoms with Crippen LogP contribution in [0.5, 0.6) is 5.75 Å². The molecule has 2 aliphatic rings. The van der Waals surface area contributed by atoms with E-state index in [4.69, 9.17) is 9.47 Å². The van der Waals surface area contributed by atoms with Crippen LogP contribution in [0.25, 0.3) is 0 Å². The van der Waals surface area contributed by atoms with Gasteiger partial charge in [-0.2, -0.15) is 0 Å². The van der Waals surface area contributed by atoms with Gasteiger partial charge in [0.05, 0.1) is 13.0 Å². The van der Waals surface area contributed by atoms with Crippen molar-refractivity contribution in [2.24, 2.45) is 5.92 Å². The van der Waals surface area contributed by atoms with E-state index in [2.05, 4.69) is 22.3 Å². The number of carbonyl (C=O) groups is 1. The lowest BCUT2D eigenvalue weighted by molar-refractivity contribution is -0.147. The molecular weight excluding hydrogens is 368 g/mol. The van der Waals surface area contributed by atoms with E-state index in [-0.39, 0.29) is 18.5 Å². The Hall–Kier alpha value is -1.63. The van der Waals surface area contributed by atoms with Crippen LogP contribution in [0.2, 0.25) is 0 Å². The molecule has 29 heavy (non-hydrogen) atoms. The number of rotatable bonds is 9. The fourth-order valence-corrected chi connectivity index (χ4v) is 4.38. The highest BCUT2D eigenvalue weighted by Gasteiger charge is 2.26. The van der Waals surface area contributed by atoms with E-state index in [9.17, 15) is 9.90 Å². The molecule has 0 unspecified atom stereocenters. The summed E-state index contributed by atoms with van der Waals surface area (Å²) in [6, 6.07) is 8.77. The third kappa shape index (κ3) is 7.28. The Kier molecular flexibility index (Phi) is 8.77. The first-order chi connectivity index (χ1) is 14.1. The smallest absolute Gasteiger partial charge is 0.308 e. The highest BCUT2D eigenvalue weighted by atomic mass is 16.5. The lowest BCUT2D eigenvalue weighted by atomic mass is 9.95. The van der Waals surface area contributed by atoms with Gasteiger partial charge in [0.1, 0.15) is 18.5 Å². The normalized spacial score (nSPS) is 20.3. The van der Waals surface area contributed by atoms with Gasteiger partial charge in [0.15, 0.2) is 0 Å². The van der Waals surface area contributed by atoms with Gasteiger partial charge in [0.25, 0.3) is 0 Å². The van der Waals surface area contributed by atoms with E-state index in [0.29, 0.717) is 12.6 Å². The molecule has 0 radical (unpaired) electrons. The van der Waals surface area contributed by atoms with Gasteiger partial charge in [-0.05, 0) is 56.5 Å². The third-order valence-electron chi connectivity index (χ3n) is 6.13. The zero-order chi connectivity index (χ0) is 20.5. The predicted molar refractivity (Wildman–Crippen MR) is 113 cm³/mol. The molecule has 1 atom stereocenters. The Morgan fingerprint density at radius 3 is 2.69 bits per heavy atom. The van der Waals surface area contributed by atoms with Gasteiger partial charge in [0, 0.05) is 19.1 Å². The summed E-state index contributed by atoms with van der Waals surface area (Å²) in [6.07, 6.45) is 7.62. The zero-order valence-corrected chi connectivity index (χ0v) is 17.6. The van der Waals surface area contributed by atoms with Gasteiger partial charge >= 0.3 is 5.97 Å². The van der Waals surface area contributed by atoms with E-state index >= 15 is 0 Å². The fraction of sp³-hybridized carbons (Fsp3) is 0.696. The number of ether oxygens (including phenoxy) is 2. The van der Waals surface area contributed by atoms with Crippen LogP contribution in [0.1, 0.15) is 50.5 Å². The number of β-amino-alcohol motifs (C(OH)–C–C–N with tert-alkyl or cyclic N) is 1. The molecule has 3 rings (SSSR count). The Morgan fingerprint density at radius 1 is 1.21 bits per heavy atom. The second kappa shape index (κ2) is 11.5. The zero-order valence-electron chi connectivity index (χ0n) is 17.6. The molecule has 0 spiro atoms. The average molecular weight is 405 g/mol. The number of carbonyl (C=O) groups excluding carboxylic acids is 1. The first-order valence-electron chi connectivity index (χ1n) is 11.1. The molecule has 0 aromatic heterocycles. The van der Waals surface area contributed by atoms with E-state index in [0.717, 1.165) is 38.2 Å². The number of hydrogen-bond acceptors (Lipinski definition) is 6. The van der Waals surface area contributed by atoms with Crippen LogP contribution in [0.15, 0.2) is 24.3 Å². The maximum atomic E-state index is 11.6. The van der Waals surface area contributed by atoms with Crippen molar-refractivity contribution < 1.29 is 19.4 Å². The molecule has 1 aromatic carbocycles. The highest BCUT2D eigenvalue weighted by molar-refractivity contribution is 5.72. The van der Waals surface area contributed by atoms with Gasteiger partial charge in [-0.3, -0.25) is 4.79 Å². The number of aliphatic hydroxyl groups excluding tert-OH is 1. The lowest BCUT2D eigenvalue weighted by Gasteiger charge is -2.31. The van der Waals surface area contributed by atoms with Gasteiger partial charge in [-0.15, -0.1) is 0 Å². The van der Waals surface area contributed by atoms with Crippen LogP contribution in [-0.2, 0) is 16.1 Å². The number of likely N-dealkylation sites (tertiary alicyclic amines) is 1. The molecular formula is C23H36N2O4. The van der Waals surface area contributed by atoms with Crippen molar-refractivity contribution in [3.63, 3.8) is 0 Å².